The van der Waals surface area contributed by atoms with Gasteiger partial charge in [0.05, 0.1) is 12.6 Å². The summed E-state index contributed by atoms with van der Waals surface area (Å²) < 4.78 is 0. The lowest BCUT2D eigenvalue weighted by molar-refractivity contribution is -0.243. The zero-order chi connectivity index (χ0) is 19.0. The van der Waals surface area contributed by atoms with Gasteiger partial charge in [0.25, 0.3) is 0 Å². The van der Waals surface area contributed by atoms with Crippen LogP contribution in [0.4, 0.5) is 0 Å². The van der Waals surface area contributed by atoms with Gasteiger partial charge >= 0.3 is 0 Å². The molecule has 3 nitrogen and oxygen atoms in total. The minimum Gasteiger partial charge on any atom is -0.394 e. The van der Waals surface area contributed by atoms with Crippen molar-refractivity contribution in [3.63, 3.8) is 0 Å². The molecule has 0 aliphatic rings. The highest BCUT2D eigenvalue weighted by molar-refractivity contribution is 5.20. The highest BCUT2D eigenvalue weighted by atomic mass is 16.7. The van der Waals surface area contributed by atoms with Crippen molar-refractivity contribution in [2.45, 2.75) is 46.4 Å². The van der Waals surface area contributed by atoms with Gasteiger partial charge in [-0.2, -0.15) is 5.06 Å². The van der Waals surface area contributed by atoms with Crippen molar-refractivity contribution < 1.29 is 9.94 Å². The maximum atomic E-state index is 10.1. The van der Waals surface area contributed by atoms with Crippen LogP contribution < -0.4 is 0 Å². The van der Waals surface area contributed by atoms with Gasteiger partial charge in [-0.25, -0.2) is 0 Å². The van der Waals surface area contributed by atoms with E-state index in [4.69, 9.17) is 4.84 Å². The minimum atomic E-state index is -0.230. The third-order valence-corrected chi connectivity index (χ3v) is 4.36. The molecule has 2 aromatic rings. The lowest BCUT2D eigenvalue weighted by Gasteiger charge is -2.37. The molecule has 2 aromatic carbocycles. The fourth-order valence-corrected chi connectivity index (χ4v) is 2.82. The summed E-state index contributed by atoms with van der Waals surface area (Å²) >= 11 is 0. The molecule has 0 radical (unpaired) electrons. The molecule has 0 unspecified atom stereocenters. The van der Waals surface area contributed by atoms with Gasteiger partial charge in [-0.1, -0.05) is 93.6 Å². The monoisotopic (exact) mass is 353 g/mol. The van der Waals surface area contributed by atoms with E-state index >= 15 is 0 Å². The molecule has 3 heteroatoms. The van der Waals surface area contributed by atoms with E-state index in [1.165, 1.54) is 0 Å². The molecule has 2 atom stereocenters. The van der Waals surface area contributed by atoms with Crippen molar-refractivity contribution in [1.82, 2.24) is 5.06 Å². The summed E-state index contributed by atoms with van der Waals surface area (Å²) in [5.74, 6) is 0. The lowest BCUT2D eigenvalue weighted by atomic mass is 9.89. The largest absolute Gasteiger partial charge is 0.394 e. The normalized spacial score (nSPS) is 14.7. The van der Waals surface area contributed by atoms with Crippen LogP contribution in [0.5, 0.6) is 0 Å². The van der Waals surface area contributed by atoms with Crippen molar-refractivity contribution in [1.29, 1.82) is 0 Å². The third kappa shape index (κ3) is 5.80. The van der Waals surface area contributed by atoms with Crippen molar-refractivity contribution >= 4 is 0 Å². The van der Waals surface area contributed by atoms with E-state index in [1.54, 1.807) is 0 Å². The second-order valence-corrected chi connectivity index (χ2v) is 7.59. The first kappa shape index (κ1) is 20.4. The Morgan fingerprint density at radius 3 is 2.08 bits per heavy atom. The first-order valence-corrected chi connectivity index (χ1v) is 9.21. The van der Waals surface area contributed by atoms with E-state index in [0.717, 1.165) is 11.1 Å². The van der Waals surface area contributed by atoms with E-state index in [0.29, 0.717) is 6.54 Å². The molecule has 0 fully saturated rings. The number of aliphatic hydroxyl groups is 1. The molecular formula is C23H31NO2. The molecule has 0 heterocycles. The van der Waals surface area contributed by atoms with Gasteiger partial charge in [-0.3, -0.25) is 4.84 Å². The van der Waals surface area contributed by atoms with Gasteiger partial charge in [0.1, 0.15) is 6.10 Å². The van der Waals surface area contributed by atoms with Crippen LogP contribution in [-0.2, 0) is 11.4 Å². The Labute approximate surface area is 157 Å². The fraction of sp³-hybridized carbons (Fsp3) is 0.391. The van der Waals surface area contributed by atoms with Crippen LogP contribution in [0.1, 0.15) is 44.9 Å². The van der Waals surface area contributed by atoms with Gasteiger partial charge in [0.15, 0.2) is 0 Å². The standard InChI is InChI=1S/C23H31NO2/c1-5-12-22(23(2,3)4)26-24(17-19-13-8-6-9-14-19)21(18-25)20-15-10-7-11-16-20/h5-16,21-22,25H,17-18H2,1-4H3/b12-5+/t21-,22+/m0/s1. The Hall–Kier alpha value is -1.94. The Morgan fingerprint density at radius 1 is 1.00 bits per heavy atom. The quantitative estimate of drug-likeness (QED) is 0.526. The van der Waals surface area contributed by atoms with Crippen LogP contribution in [0.3, 0.4) is 0 Å². The minimum absolute atomic E-state index is 0.0104. The molecule has 26 heavy (non-hydrogen) atoms. The number of aliphatic hydroxyl groups excluding tert-OH is 1. The predicted octanol–water partition coefficient (Wildman–Crippen LogP) is 5.14. The van der Waals surface area contributed by atoms with E-state index in [2.05, 4.69) is 39.0 Å². The van der Waals surface area contributed by atoms with Gasteiger partial charge in [-0.05, 0) is 23.5 Å². The van der Waals surface area contributed by atoms with E-state index in [1.807, 2.05) is 66.6 Å². The molecule has 1 N–H and O–H groups in total. The molecule has 0 spiro atoms. The molecular weight excluding hydrogens is 322 g/mol. The van der Waals surface area contributed by atoms with Crippen molar-refractivity contribution in [3.05, 3.63) is 83.9 Å². The van der Waals surface area contributed by atoms with Crippen LogP contribution in [-0.4, -0.2) is 22.9 Å². The maximum absolute atomic E-state index is 10.1. The molecule has 2 rings (SSSR count). The fourth-order valence-electron chi connectivity index (χ4n) is 2.82. The van der Waals surface area contributed by atoms with Gasteiger partial charge in [0.2, 0.25) is 0 Å². The van der Waals surface area contributed by atoms with Crippen molar-refractivity contribution in [3.8, 4) is 0 Å². The Bertz CT molecular complexity index is 662. The van der Waals surface area contributed by atoms with Crippen LogP contribution in [0, 0.1) is 5.41 Å². The summed E-state index contributed by atoms with van der Waals surface area (Å²) in [4.78, 5) is 6.45. The summed E-state index contributed by atoms with van der Waals surface area (Å²) in [5.41, 5.74) is 2.13. The summed E-state index contributed by atoms with van der Waals surface area (Å²) in [6.07, 6.45) is 4.01. The van der Waals surface area contributed by atoms with Gasteiger partial charge in [0, 0.05) is 6.54 Å². The molecule has 0 aromatic heterocycles. The number of rotatable bonds is 8. The second kappa shape index (κ2) is 9.67. The highest BCUT2D eigenvalue weighted by Crippen LogP contribution is 2.30. The topological polar surface area (TPSA) is 32.7 Å². The molecule has 0 aliphatic heterocycles. The first-order valence-electron chi connectivity index (χ1n) is 9.21. The lowest BCUT2D eigenvalue weighted by Crippen LogP contribution is -2.39. The average Bonchev–Trinajstić information content (AvgIpc) is 2.63. The highest BCUT2D eigenvalue weighted by Gasteiger charge is 2.29. The predicted molar refractivity (Wildman–Crippen MR) is 107 cm³/mol. The zero-order valence-corrected chi connectivity index (χ0v) is 16.3. The molecule has 0 bridgehead atoms. The molecule has 0 saturated heterocycles. The van der Waals surface area contributed by atoms with Crippen molar-refractivity contribution in [2.75, 3.05) is 6.61 Å². The van der Waals surface area contributed by atoms with Gasteiger partial charge < -0.3 is 5.11 Å². The number of benzene rings is 2. The smallest absolute Gasteiger partial charge is 0.102 e. The van der Waals surface area contributed by atoms with Crippen molar-refractivity contribution in [2.24, 2.45) is 5.41 Å². The SMILES string of the molecule is C/C=C/[C@@H](ON(Cc1ccccc1)[C@@H](CO)c1ccccc1)C(C)(C)C. The maximum Gasteiger partial charge on any atom is 0.102 e. The summed E-state index contributed by atoms with van der Waals surface area (Å²) in [5, 5.41) is 12.1. The molecule has 140 valence electrons. The van der Waals surface area contributed by atoms with E-state index < -0.39 is 0 Å². The first-order chi connectivity index (χ1) is 12.5. The Balaban J connectivity index is 2.34. The van der Waals surface area contributed by atoms with Crippen LogP contribution >= 0.6 is 0 Å². The second-order valence-electron chi connectivity index (χ2n) is 7.59. The molecule has 0 saturated carbocycles. The van der Waals surface area contributed by atoms with Crippen LogP contribution in [0.25, 0.3) is 0 Å². The molecule has 0 aliphatic carbocycles. The number of hydroxylamine groups is 2. The Kier molecular flexibility index (Phi) is 7.58. The number of nitrogens with zero attached hydrogens (tertiary/aromatic N) is 1. The Morgan fingerprint density at radius 2 is 1.58 bits per heavy atom. The molecule has 0 amide bonds. The van der Waals surface area contributed by atoms with Crippen LogP contribution in [0.15, 0.2) is 72.8 Å². The summed E-state index contributed by atoms with van der Waals surface area (Å²) in [6.45, 7) is 9.08. The number of hydrogen-bond acceptors (Lipinski definition) is 3. The average molecular weight is 354 g/mol. The number of allylic oxidation sites excluding steroid dienone is 1. The van der Waals surface area contributed by atoms with Crippen LogP contribution in [0.2, 0.25) is 0 Å². The summed E-state index contributed by atoms with van der Waals surface area (Å²) in [6, 6.07) is 20.0. The summed E-state index contributed by atoms with van der Waals surface area (Å²) in [7, 11) is 0. The zero-order valence-electron chi connectivity index (χ0n) is 16.3. The number of hydrogen-bond donors (Lipinski definition) is 1. The van der Waals surface area contributed by atoms with E-state index in [-0.39, 0.29) is 24.2 Å². The third-order valence-electron chi connectivity index (χ3n) is 4.36. The van der Waals surface area contributed by atoms with Gasteiger partial charge in [-0.15, -0.1) is 0 Å². The van der Waals surface area contributed by atoms with E-state index in [9.17, 15) is 5.11 Å².